The molecule has 2 nitrogen and oxygen atoms in total. The van der Waals surface area contributed by atoms with Gasteiger partial charge in [-0.3, -0.25) is 4.90 Å². The number of nitrogens with zero attached hydrogens (tertiary/aromatic N) is 1. The molecule has 0 aromatic heterocycles. The van der Waals surface area contributed by atoms with Gasteiger partial charge in [-0.05, 0) is 75.0 Å². The van der Waals surface area contributed by atoms with Gasteiger partial charge in [0, 0.05) is 22.1 Å². The van der Waals surface area contributed by atoms with Crippen molar-refractivity contribution in [2.45, 2.75) is 38.3 Å². The average molecular weight is 358 g/mol. The van der Waals surface area contributed by atoms with E-state index in [1.165, 1.54) is 55.4 Å². The molecule has 3 rings (SSSR count). The van der Waals surface area contributed by atoms with Crippen LogP contribution in [-0.4, -0.2) is 30.6 Å². The summed E-state index contributed by atoms with van der Waals surface area (Å²) in [5.74, 6) is 0.886. The van der Waals surface area contributed by atoms with Gasteiger partial charge in [0.25, 0.3) is 0 Å². The highest BCUT2D eigenvalue weighted by molar-refractivity contribution is 9.10. The summed E-state index contributed by atoms with van der Waals surface area (Å²) >= 11 is 9.72. The molecule has 2 heterocycles. The third-order valence-corrected chi connectivity index (χ3v) is 5.71. The minimum absolute atomic E-state index is 0.787. The smallest absolute Gasteiger partial charge is 0.0410 e. The zero-order valence-electron chi connectivity index (χ0n) is 11.7. The first kappa shape index (κ1) is 14.8. The van der Waals surface area contributed by atoms with Crippen LogP contribution < -0.4 is 5.32 Å². The fraction of sp³-hybridized carbons (Fsp3) is 0.625. The van der Waals surface area contributed by atoms with Gasteiger partial charge in [0.1, 0.15) is 0 Å². The lowest BCUT2D eigenvalue weighted by molar-refractivity contribution is 0.157. The lowest BCUT2D eigenvalue weighted by Gasteiger charge is -2.35. The van der Waals surface area contributed by atoms with Crippen LogP contribution in [0.25, 0.3) is 0 Å². The fourth-order valence-electron chi connectivity index (χ4n) is 3.53. The molecule has 0 spiro atoms. The lowest BCUT2D eigenvalue weighted by Crippen LogP contribution is -2.40. The normalized spacial score (nSPS) is 25.2. The van der Waals surface area contributed by atoms with Crippen LogP contribution in [0.2, 0.25) is 5.02 Å². The topological polar surface area (TPSA) is 15.3 Å². The molecule has 20 heavy (non-hydrogen) atoms. The Labute approximate surface area is 135 Å². The van der Waals surface area contributed by atoms with Crippen LogP contribution in [0.5, 0.6) is 0 Å². The SMILES string of the molecule is Clc1ccc(Br)c(CN2CCC(C3CCCN3)CC2)c1. The van der Waals surface area contributed by atoms with Crippen LogP contribution in [0.3, 0.4) is 0 Å². The van der Waals surface area contributed by atoms with Crippen molar-refractivity contribution in [3.63, 3.8) is 0 Å². The van der Waals surface area contributed by atoms with Gasteiger partial charge in [-0.1, -0.05) is 27.5 Å². The molecular weight excluding hydrogens is 336 g/mol. The van der Waals surface area contributed by atoms with E-state index in [-0.39, 0.29) is 0 Å². The van der Waals surface area contributed by atoms with Gasteiger partial charge in [0.2, 0.25) is 0 Å². The predicted octanol–water partition coefficient (Wildman–Crippen LogP) is 4.07. The Hall–Kier alpha value is -0.0900. The van der Waals surface area contributed by atoms with Gasteiger partial charge < -0.3 is 5.32 Å². The molecule has 110 valence electrons. The van der Waals surface area contributed by atoms with Crippen LogP contribution in [0.4, 0.5) is 0 Å². The first-order valence-corrected chi connectivity index (χ1v) is 8.79. The van der Waals surface area contributed by atoms with E-state index >= 15 is 0 Å². The quantitative estimate of drug-likeness (QED) is 0.877. The molecule has 1 atom stereocenters. The summed E-state index contributed by atoms with van der Waals surface area (Å²) in [4.78, 5) is 2.56. The molecule has 1 aromatic rings. The predicted molar refractivity (Wildman–Crippen MR) is 88.2 cm³/mol. The van der Waals surface area contributed by atoms with Crippen molar-refractivity contribution in [1.29, 1.82) is 0 Å². The maximum absolute atomic E-state index is 6.10. The summed E-state index contributed by atoms with van der Waals surface area (Å²) in [6.45, 7) is 4.65. The van der Waals surface area contributed by atoms with Crippen molar-refractivity contribution in [2.24, 2.45) is 5.92 Å². The minimum Gasteiger partial charge on any atom is -0.314 e. The number of likely N-dealkylation sites (tertiary alicyclic amines) is 1. The van der Waals surface area contributed by atoms with Crippen LogP contribution in [0.1, 0.15) is 31.2 Å². The molecule has 2 saturated heterocycles. The van der Waals surface area contributed by atoms with Gasteiger partial charge in [-0.2, -0.15) is 0 Å². The van der Waals surface area contributed by atoms with Gasteiger partial charge in [-0.15, -0.1) is 0 Å². The van der Waals surface area contributed by atoms with Gasteiger partial charge in [-0.25, -0.2) is 0 Å². The van der Waals surface area contributed by atoms with E-state index in [0.717, 1.165) is 23.5 Å². The second-order valence-corrected chi connectivity index (χ2v) is 7.34. The van der Waals surface area contributed by atoms with Gasteiger partial charge >= 0.3 is 0 Å². The van der Waals surface area contributed by atoms with Crippen molar-refractivity contribution in [3.05, 3.63) is 33.3 Å². The van der Waals surface area contributed by atoms with E-state index < -0.39 is 0 Å². The van der Waals surface area contributed by atoms with E-state index in [4.69, 9.17) is 11.6 Å². The third kappa shape index (κ3) is 3.56. The van der Waals surface area contributed by atoms with Crippen molar-refractivity contribution < 1.29 is 0 Å². The Kier molecular flexibility index (Phi) is 5.03. The number of halogens is 2. The molecule has 2 fully saturated rings. The fourth-order valence-corrected chi connectivity index (χ4v) is 4.10. The minimum atomic E-state index is 0.787. The Morgan fingerprint density at radius 2 is 2.05 bits per heavy atom. The Morgan fingerprint density at radius 1 is 1.25 bits per heavy atom. The van der Waals surface area contributed by atoms with E-state index in [0.29, 0.717) is 0 Å². The van der Waals surface area contributed by atoms with Crippen LogP contribution in [-0.2, 0) is 6.54 Å². The third-order valence-electron chi connectivity index (χ3n) is 4.70. The monoisotopic (exact) mass is 356 g/mol. The molecule has 0 aliphatic carbocycles. The highest BCUT2D eigenvalue weighted by Gasteiger charge is 2.28. The van der Waals surface area contributed by atoms with Crippen LogP contribution in [0, 0.1) is 5.92 Å². The van der Waals surface area contributed by atoms with Crippen LogP contribution >= 0.6 is 27.5 Å². The maximum atomic E-state index is 6.10. The first-order valence-electron chi connectivity index (χ1n) is 7.62. The van der Waals surface area contributed by atoms with E-state index in [1.54, 1.807) is 0 Å². The zero-order valence-corrected chi connectivity index (χ0v) is 14.1. The Balaban J connectivity index is 1.54. The molecule has 0 amide bonds. The molecule has 0 saturated carbocycles. The summed E-state index contributed by atoms with van der Waals surface area (Å²) in [7, 11) is 0. The summed E-state index contributed by atoms with van der Waals surface area (Å²) in [6.07, 6.45) is 5.40. The van der Waals surface area contributed by atoms with Gasteiger partial charge in [0.05, 0.1) is 0 Å². The average Bonchev–Trinajstić information content (AvgIpc) is 2.98. The maximum Gasteiger partial charge on any atom is 0.0410 e. The number of benzene rings is 1. The second kappa shape index (κ2) is 6.78. The van der Waals surface area contributed by atoms with Gasteiger partial charge in [0.15, 0.2) is 0 Å². The lowest BCUT2D eigenvalue weighted by atomic mass is 9.88. The number of rotatable bonds is 3. The largest absolute Gasteiger partial charge is 0.314 e. The molecule has 2 aliphatic heterocycles. The summed E-state index contributed by atoms with van der Waals surface area (Å²) in [5, 5.41) is 4.49. The molecule has 1 unspecified atom stereocenters. The molecule has 0 radical (unpaired) electrons. The molecule has 4 heteroatoms. The number of hydrogen-bond donors (Lipinski definition) is 1. The van der Waals surface area contributed by atoms with Crippen LogP contribution in [0.15, 0.2) is 22.7 Å². The second-order valence-electron chi connectivity index (χ2n) is 6.05. The summed E-state index contributed by atoms with van der Waals surface area (Å²) < 4.78 is 1.17. The summed E-state index contributed by atoms with van der Waals surface area (Å²) in [5.41, 5.74) is 1.30. The highest BCUT2D eigenvalue weighted by Crippen LogP contribution is 2.28. The van der Waals surface area contributed by atoms with Crippen molar-refractivity contribution >= 4 is 27.5 Å². The van der Waals surface area contributed by atoms with Crippen molar-refractivity contribution in [2.75, 3.05) is 19.6 Å². The number of nitrogens with one attached hydrogen (secondary N) is 1. The Morgan fingerprint density at radius 3 is 2.75 bits per heavy atom. The summed E-state index contributed by atoms with van der Waals surface area (Å²) in [6, 6.07) is 6.85. The van der Waals surface area contributed by atoms with Crippen molar-refractivity contribution in [3.8, 4) is 0 Å². The zero-order chi connectivity index (χ0) is 13.9. The van der Waals surface area contributed by atoms with E-state index in [2.05, 4.69) is 32.2 Å². The molecule has 2 aliphatic rings. The highest BCUT2D eigenvalue weighted by atomic mass is 79.9. The first-order chi connectivity index (χ1) is 9.72. The van der Waals surface area contributed by atoms with Crippen molar-refractivity contribution in [1.82, 2.24) is 10.2 Å². The number of hydrogen-bond acceptors (Lipinski definition) is 2. The standard InChI is InChI=1S/C16H22BrClN2/c17-15-4-3-14(18)10-13(15)11-20-8-5-12(6-9-20)16-2-1-7-19-16/h3-4,10,12,16,19H,1-2,5-9,11H2. The molecule has 1 N–H and O–H groups in total. The molecule has 1 aromatic carbocycles. The van der Waals surface area contributed by atoms with E-state index in [9.17, 15) is 0 Å². The molecule has 0 bridgehead atoms. The Bertz CT molecular complexity index is 452. The number of piperidine rings is 1. The molecular formula is C16H22BrClN2. The van der Waals surface area contributed by atoms with E-state index in [1.807, 2.05) is 12.1 Å².